The molecule has 2 aromatic heterocycles. The molecule has 0 aliphatic heterocycles. The molecular formula is C20H26BrN7O2S. The van der Waals surface area contributed by atoms with Crippen LogP contribution in [0.2, 0.25) is 0 Å². The Bertz CT molecular complexity index is 1170. The Kier molecular flexibility index (Phi) is 6.20. The highest BCUT2D eigenvalue weighted by atomic mass is 79.9. The number of sulfonamides is 1. The largest absolute Gasteiger partial charge is 0.367 e. The molecule has 166 valence electrons. The number of rotatable bonds is 6. The number of hydrogen-bond donors (Lipinski definition) is 3. The average molecular weight is 508 g/mol. The Morgan fingerprint density at radius 3 is 2.48 bits per heavy atom. The number of benzene rings is 1. The maximum absolute atomic E-state index is 12.3. The third kappa shape index (κ3) is 4.69. The molecule has 1 aliphatic carbocycles. The number of nitrogens with two attached hydrogens (primary N) is 1. The molecule has 11 heteroatoms. The molecule has 1 aliphatic rings. The van der Waals surface area contributed by atoms with Gasteiger partial charge in [0.2, 0.25) is 10.0 Å². The van der Waals surface area contributed by atoms with Gasteiger partial charge in [-0.1, -0.05) is 0 Å². The fourth-order valence-corrected chi connectivity index (χ4v) is 4.89. The lowest BCUT2D eigenvalue weighted by Crippen LogP contribution is -2.33. The van der Waals surface area contributed by atoms with Gasteiger partial charge < -0.3 is 16.4 Å². The summed E-state index contributed by atoms with van der Waals surface area (Å²) >= 11 is 3.51. The zero-order chi connectivity index (χ0) is 22.2. The van der Waals surface area contributed by atoms with Crippen LogP contribution in [0.4, 0.5) is 17.3 Å². The van der Waals surface area contributed by atoms with Crippen LogP contribution in [0.5, 0.6) is 0 Å². The lowest BCUT2D eigenvalue weighted by Gasteiger charge is -2.27. The molecule has 2 heterocycles. The van der Waals surface area contributed by atoms with E-state index in [1.54, 1.807) is 35.0 Å². The summed E-state index contributed by atoms with van der Waals surface area (Å²) < 4.78 is 28.3. The van der Waals surface area contributed by atoms with Gasteiger partial charge in [0.1, 0.15) is 11.6 Å². The third-order valence-corrected chi connectivity index (χ3v) is 7.85. The van der Waals surface area contributed by atoms with Crippen LogP contribution in [0, 0.1) is 0 Å². The summed E-state index contributed by atoms with van der Waals surface area (Å²) in [7, 11) is -0.446. The standard InChI is InChI=1S/C20H26BrN7O2S/c1-27(2)31(29,30)16-9-7-15(8-10-16)25-19-11-18(24-14-5-3-13(22)4-6-14)26-20-17(21)12-23-28(19)20/h7-14,25H,3-6,22H2,1-2H3,(H,24,26)/t13-,14+. The molecule has 0 unspecified atom stereocenters. The summed E-state index contributed by atoms with van der Waals surface area (Å²) in [4.78, 5) is 4.94. The Labute approximate surface area is 190 Å². The minimum Gasteiger partial charge on any atom is -0.367 e. The Morgan fingerprint density at radius 1 is 1.16 bits per heavy atom. The van der Waals surface area contributed by atoms with Gasteiger partial charge in [-0.25, -0.2) is 17.7 Å². The smallest absolute Gasteiger partial charge is 0.242 e. The van der Waals surface area contributed by atoms with Crippen LogP contribution in [0.1, 0.15) is 25.7 Å². The van der Waals surface area contributed by atoms with Gasteiger partial charge >= 0.3 is 0 Å². The van der Waals surface area contributed by atoms with Crippen LogP contribution in [0.15, 0.2) is 45.9 Å². The fourth-order valence-electron chi connectivity index (χ4n) is 3.64. The van der Waals surface area contributed by atoms with Crippen LogP contribution in [-0.4, -0.2) is 53.5 Å². The number of fused-ring (bicyclic) bond motifs is 1. The molecule has 9 nitrogen and oxygen atoms in total. The van der Waals surface area contributed by atoms with Crippen LogP contribution < -0.4 is 16.4 Å². The molecular weight excluding hydrogens is 482 g/mol. The number of halogens is 1. The van der Waals surface area contributed by atoms with E-state index in [-0.39, 0.29) is 10.9 Å². The van der Waals surface area contributed by atoms with Gasteiger partial charge in [-0.15, -0.1) is 0 Å². The minimum absolute atomic E-state index is 0.239. The summed E-state index contributed by atoms with van der Waals surface area (Å²) in [5.41, 5.74) is 7.45. The molecule has 0 radical (unpaired) electrons. The molecule has 0 atom stereocenters. The monoisotopic (exact) mass is 507 g/mol. The second-order valence-electron chi connectivity index (χ2n) is 7.95. The Balaban J connectivity index is 1.61. The average Bonchev–Trinajstić information content (AvgIpc) is 3.11. The minimum atomic E-state index is -3.47. The van der Waals surface area contributed by atoms with E-state index in [4.69, 9.17) is 10.7 Å². The van der Waals surface area contributed by atoms with E-state index in [1.165, 1.54) is 18.4 Å². The molecule has 31 heavy (non-hydrogen) atoms. The second kappa shape index (κ2) is 8.73. The van der Waals surface area contributed by atoms with E-state index in [1.807, 2.05) is 6.07 Å². The maximum Gasteiger partial charge on any atom is 0.242 e. The number of nitrogens with zero attached hydrogens (tertiary/aromatic N) is 4. The summed E-state index contributed by atoms with van der Waals surface area (Å²) in [6, 6.07) is 9.16. The van der Waals surface area contributed by atoms with Crippen molar-refractivity contribution in [1.82, 2.24) is 18.9 Å². The summed E-state index contributed by atoms with van der Waals surface area (Å²) in [5.74, 6) is 1.47. The van der Waals surface area contributed by atoms with E-state index in [0.29, 0.717) is 17.5 Å². The molecule has 0 bridgehead atoms. The van der Waals surface area contributed by atoms with Crippen molar-refractivity contribution in [2.45, 2.75) is 42.7 Å². The topological polar surface area (TPSA) is 118 Å². The van der Waals surface area contributed by atoms with Crippen molar-refractivity contribution in [2.24, 2.45) is 5.73 Å². The van der Waals surface area contributed by atoms with Crippen LogP contribution in [0.25, 0.3) is 5.65 Å². The summed E-state index contributed by atoms with van der Waals surface area (Å²) in [6.07, 6.45) is 5.73. The number of hydrogen-bond acceptors (Lipinski definition) is 7. The predicted molar refractivity (Wildman–Crippen MR) is 125 cm³/mol. The highest BCUT2D eigenvalue weighted by molar-refractivity contribution is 9.10. The van der Waals surface area contributed by atoms with Gasteiger partial charge in [0.25, 0.3) is 0 Å². The first-order chi connectivity index (χ1) is 14.7. The highest BCUT2D eigenvalue weighted by Gasteiger charge is 2.20. The molecule has 1 aromatic carbocycles. The zero-order valence-electron chi connectivity index (χ0n) is 17.4. The normalized spacial score (nSPS) is 19.6. The quantitative estimate of drug-likeness (QED) is 0.468. The van der Waals surface area contributed by atoms with Crippen LogP contribution in [0.3, 0.4) is 0 Å². The first-order valence-electron chi connectivity index (χ1n) is 10.1. The van der Waals surface area contributed by atoms with Gasteiger partial charge in [0, 0.05) is 37.9 Å². The molecule has 3 aromatic rings. The van der Waals surface area contributed by atoms with Crippen molar-refractivity contribution in [3.05, 3.63) is 41.0 Å². The first-order valence-corrected chi connectivity index (χ1v) is 12.3. The molecule has 0 spiro atoms. The lowest BCUT2D eigenvalue weighted by molar-refractivity contribution is 0.410. The van der Waals surface area contributed by atoms with E-state index in [0.717, 1.165) is 41.7 Å². The van der Waals surface area contributed by atoms with Crippen molar-refractivity contribution >= 4 is 48.9 Å². The number of nitrogens with one attached hydrogen (secondary N) is 2. The second-order valence-corrected chi connectivity index (χ2v) is 11.0. The molecule has 4 N–H and O–H groups in total. The van der Waals surface area contributed by atoms with Gasteiger partial charge in [0.05, 0.1) is 15.6 Å². The fraction of sp³-hybridized carbons (Fsp3) is 0.400. The maximum atomic E-state index is 12.3. The van der Waals surface area contributed by atoms with Crippen LogP contribution >= 0.6 is 15.9 Å². The first kappa shape index (κ1) is 22.0. The SMILES string of the molecule is CN(C)S(=O)(=O)c1ccc(Nc2cc(N[C@H]3CC[C@@H](N)CC3)nc3c(Br)cnn23)cc1. The molecule has 1 fully saturated rings. The van der Waals surface area contributed by atoms with Crippen molar-refractivity contribution in [3.63, 3.8) is 0 Å². The van der Waals surface area contributed by atoms with E-state index >= 15 is 0 Å². The Hall–Kier alpha value is -2.21. The van der Waals surface area contributed by atoms with Gasteiger partial charge in [-0.2, -0.15) is 9.61 Å². The van der Waals surface area contributed by atoms with Gasteiger partial charge in [-0.05, 0) is 65.9 Å². The van der Waals surface area contributed by atoms with Gasteiger partial charge in [-0.3, -0.25) is 0 Å². The molecule has 0 amide bonds. The molecule has 0 saturated heterocycles. The van der Waals surface area contributed by atoms with Crippen LogP contribution in [-0.2, 0) is 10.0 Å². The Morgan fingerprint density at radius 2 is 1.84 bits per heavy atom. The highest BCUT2D eigenvalue weighted by Crippen LogP contribution is 2.27. The molecule has 1 saturated carbocycles. The zero-order valence-corrected chi connectivity index (χ0v) is 19.8. The number of anilines is 3. The predicted octanol–water partition coefficient (Wildman–Crippen LogP) is 3.17. The van der Waals surface area contributed by atoms with Crippen molar-refractivity contribution in [2.75, 3.05) is 24.7 Å². The van der Waals surface area contributed by atoms with Crippen molar-refractivity contribution in [1.29, 1.82) is 0 Å². The molecule has 4 rings (SSSR count). The van der Waals surface area contributed by atoms with Crippen molar-refractivity contribution < 1.29 is 8.42 Å². The number of aromatic nitrogens is 3. The van der Waals surface area contributed by atoms with E-state index in [2.05, 4.69) is 31.7 Å². The van der Waals surface area contributed by atoms with E-state index < -0.39 is 10.0 Å². The lowest BCUT2D eigenvalue weighted by atomic mass is 9.92. The third-order valence-electron chi connectivity index (χ3n) is 5.46. The van der Waals surface area contributed by atoms with E-state index in [9.17, 15) is 8.42 Å². The van der Waals surface area contributed by atoms with Crippen molar-refractivity contribution in [3.8, 4) is 0 Å². The summed E-state index contributed by atoms with van der Waals surface area (Å²) in [6.45, 7) is 0. The summed E-state index contributed by atoms with van der Waals surface area (Å²) in [5, 5.41) is 11.2. The van der Waals surface area contributed by atoms with Gasteiger partial charge in [0.15, 0.2) is 5.65 Å².